The SMILES string of the molecule is Oc1c(Br)cc(-c2csnn2)cc1Br. The lowest BCUT2D eigenvalue weighted by atomic mass is 10.2. The van der Waals surface area contributed by atoms with Gasteiger partial charge in [-0.15, -0.1) is 5.10 Å². The summed E-state index contributed by atoms with van der Waals surface area (Å²) in [7, 11) is 0. The maximum absolute atomic E-state index is 9.50. The molecule has 2 aromatic rings. The molecule has 0 fully saturated rings. The van der Waals surface area contributed by atoms with Crippen molar-refractivity contribution in [1.82, 2.24) is 9.59 Å². The van der Waals surface area contributed by atoms with E-state index in [4.69, 9.17) is 0 Å². The summed E-state index contributed by atoms with van der Waals surface area (Å²) in [4.78, 5) is 0. The summed E-state index contributed by atoms with van der Waals surface area (Å²) in [5.74, 6) is 0.192. The number of phenols is 1. The molecule has 0 aliphatic carbocycles. The van der Waals surface area contributed by atoms with Crippen LogP contribution >= 0.6 is 43.4 Å². The van der Waals surface area contributed by atoms with Gasteiger partial charge in [-0.05, 0) is 55.5 Å². The van der Waals surface area contributed by atoms with E-state index >= 15 is 0 Å². The molecular weight excluding hydrogens is 332 g/mol. The number of hydrogen-bond acceptors (Lipinski definition) is 4. The van der Waals surface area contributed by atoms with E-state index in [-0.39, 0.29) is 5.75 Å². The molecule has 0 saturated carbocycles. The van der Waals surface area contributed by atoms with Gasteiger partial charge in [0.15, 0.2) is 0 Å². The standard InChI is InChI=1S/C8H4Br2N2OS/c9-5-1-4(2-6(10)8(5)13)7-3-14-12-11-7/h1-3,13H. The zero-order valence-electron chi connectivity index (χ0n) is 6.74. The van der Waals surface area contributed by atoms with Crippen LogP contribution < -0.4 is 0 Å². The molecule has 1 heterocycles. The topological polar surface area (TPSA) is 46.0 Å². The Labute approximate surface area is 101 Å². The zero-order chi connectivity index (χ0) is 10.1. The Balaban J connectivity index is 2.57. The maximum atomic E-state index is 9.50. The lowest BCUT2D eigenvalue weighted by molar-refractivity contribution is 0.468. The third-order valence-corrected chi connectivity index (χ3v) is 3.39. The van der Waals surface area contributed by atoms with Crippen molar-refractivity contribution in [2.24, 2.45) is 0 Å². The molecule has 1 N–H and O–H groups in total. The van der Waals surface area contributed by atoms with Crippen LogP contribution in [-0.2, 0) is 0 Å². The lowest BCUT2D eigenvalue weighted by Gasteiger charge is -2.02. The molecule has 6 heteroatoms. The van der Waals surface area contributed by atoms with E-state index in [0.717, 1.165) is 11.3 Å². The minimum absolute atomic E-state index is 0.192. The molecule has 0 amide bonds. The number of aromatic nitrogens is 2. The fourth-order valence-electron chi connectivity index (χ4n) is 1.00. The first-order valence-electron chi connectivity index (χ1n) is 3.64. The fourth-order valence-corrected chi connectivity index (χ4v) is 2.66. The average molecular weight is 336 g/mol. The van der Waals surface area contributed by atoms with E-state index < -0.39 is 0 Å². The Morgan fingerprint density at radius 1 is 1.21 bits per heavy atom. The highest BCUT2D eigenvalue weighted by molar-refractivity contribution is 9.11. The van der Waals surface area contributed by atoms with Gasteiger partial charge in [0, 0.05) is 10.9 Å². The van der Waals surface area contributed by atoms with Crippen molar-refractivity contribution in [3.8, 4) is 17.0 Å². The van der Waals surface area contributed by atoms with Crippen molar-refractivity contribution in [3.05, 3.63) is 26.5 Å². The van der Waals surface area contributed by atoms with Crippen LogP contribution in [0.5, 0.6) is 5.75 Å². The molecule has 3 nitrogen and oxygen atoms in total. The Hall–Kier alpha value is -0.460. The molecule has 0 aliphatic heterocycles. The van der Waals surface area contributed by atoms with Crippen LogP contribution in [-0.4, -0.2) is 14.7 Å². The third kappa shape index (κ3) is 1.82. The second-order valence-electron chi connectivity index (χ2n) is 2.58. The molecule has 0 saturated heterocycles. The highest BCUT2D eigenvalue weighted by Gasteiger charge is 2.08. The van der Waals surface area contributed by atoms with Crippen molar-refractivity contribution in [1.29, 1.82) is 0 Å². The van der Waals surface area contributed by atoms with Crippen LogP contribution in [0.3, 0.4) is 0 Å². The van der Waals surface area contributed by atoms with Crippen LogP contribution in [0, 0.1) is 0 Å². The summed E-state index contributed by atoms with van der Waals surface area (Å²) in [6, 6.07) is 3.60. The predicted molar refractivity (Wildman–Crippen MR) is 62.4 cm³/mol. The highest BCUT2D eigenvalue weighted by atomic mass is 79.9. The van der Waals surface area contributed by atoms with E-state index in [2.05, 4.69) is 41.4 Å². The number of phenolic OH excluding ortho intramolecular Hbond substituents is 1. The van der Waals surface area contributed by atoms with Gasteiger partial charge < -0.3 is 5.11 Å². The summed E-state index contributed by atoms with van der Waals surface area (Å²) in [6.07, 6.45) is 0. The van der Waals surface area contributed by atoms with Crippen LogP contribution in [0.2, 0.25) is 0 Å². The number of aromatic hydroxyl groups is 1. The zero-order valence-corrected chi connectivity index (χ0v) is 10.7. The lowest BCUT2D eigenvalue weighted by Crippen LogP contribution is -1.80. The van der Waals surface area contributed by atoms with Crippen LogP contribution in [0.1, 0.15) is 0 Å². The van der Waals surface area contributed by atoms with E-state index in [1.54, 1.807) is 12.1 Å². The second kappa shape index (κ2) is 3.96. The van der Waals surface area contributed by atoms with Gasteiger partial charge in [-0.25, -0.2) is 0 Å². The van der Waals surface area contributed by atoms with Gasteiger partial charge in [0.1, 0.15) is 11.4 Å². The first kappa shape index (κ1) is 10.1. The van der Waals surface area contributed by atoms with Gasteiger partial charge in [-0.1, -0.05) is 4.49 Å². The molecule has 0 spiro atoms. The molecule has 1 aromatic heterocycles. The largest absolute Gasteiger partial charge is 0.506 e. The van der Waals surface area contributed by atoms with Crippen LogP contribution in [0.25, 0.3) is 11.3 Å². The second-order valence-corrected chi connectivity index (χ2v) is 4.90. The van der Waals surface area contributed by atoms with E-state index in [0.29, 0.717) is 8.95 Å². The van der Waals surface area contributed by atoms with Crippen LogP contribution in [0.15, 0.2) is 26.5 Å². The normalized spacial score (nSPS) is 10.4. The van der Waals surface area contributed by atoms with Gasteiger partial charge in [0.25, 0.3) is 0 Å². The molecule has 0 unspecified atom stereocenters. The van der Waals surface area contributed by atoms with Crippen molar-refractivity contribution < 1.29 is 5.11 Å². The number of rotatable bonds is 1. The fraction of sp³-hybridized carbons (Fsp3) is 0. The molecule has 72 valence electrons. The predicted octanol–water partition coefficient (Wildman–Crippen LogP) is 3.44. The molecular formula is C8H4Br2N2OS. The minimum Gasteiger partial charge on any atom is -0.506 e. The molecule has 2 rings (SSSR count). The monoisotopic (exact) mass is 334 g/mol. The molecule has 0 atom stereocenters. The van der Waals surface area contributed by atoms with Gasteiger partial charge in [-0.2, -0.15) is 0 Å². The first-order chi connectivity index (χ1) is 6.68. The molecule has 1 aromatic carbocycles. The van der Waals surface area contributed by atoms with Crippen molar-refractivity contribution >= 4 is 43.4 Å². The minimum atomic E-state index is 0.192. The maximum Gasteiger partial charge on any atom is 0.143 e. The van der Waals surface area contributed by atoms with Gasteiger partial charge in [0.05, 0.1) is 8.95 Å². The molecule has 0 bridgehead atoms. The van der Waals surface area contributed by atoms with E-state index in [1.165, 1.54) is 11.5 Å². The Bertz CT molecular complexity index is 435. The van der Waals surface area contributed by atoms with Gasteiger partial charge in [0.2, 0.25) is 0 Å². The first-order valence-corrected chi connectivity index (χ1v) is 6.06. The molecule has 0 aliphatic rings. The summed E-state index contributed by atoms with van der Waals surface area (Å²) in [6.45, 7) is 0. The Morgan fingerprint density at radius 2 is 1.86 bits per heavy atom. The summed E-state index contributed by atoms with van der Waals surface area (Å²) < 4.78 is 5.05. The number of benzene rings is 1. The van der Waals surface area contributed by atoms with Gasteiger partial charge in [-0.3, -0.25) is 0 Å². The Morgan fingerprint density at radius 3 is 2.36 bits per heavy atom. The smallest absolute Gasteiger partial charge is 0.143 e. The molecule has 14 heavy (non-hydrogen) atoms. The number of nitrogens with zero attached hydrogens (tertiary/aromatic N) is 2. The summed E-state index contributed by atoms with van der Waals surface area (Å²) in [5.41, 5.74) is 1.71. The summed E-state index contributed by atoms with van der Waals surface area (Å²) in [5, 5.41) is 15.3. The average Bonchev–Trinajstić information content (AvgIpc) is 2.66. The number of hydrogen-bond donors (Lipinski definition) is 1. The Kier molecular flexibility index (Phi) is 2.85. The van der Waals surface area contributed by atoms with Crippen molar-refractivity contribution in [3.63, 3.8) is 0 Å². The van der Waals surface area contributed by atoms with Crippen molar-refractivity contribution in [2.75, 3.05) is 0 Å². The molecule has 0 radical (unpaired) electrons. The number of halogens is 2. The van der Waals surface area contributed by atoms with Crippen LogP contribution in [0.4, 0.5) is 0 Å². The van der Waals surface area contributed by atoms with Crippen molar-refractivity contribution in [2.45, 2.75) is 0 Å². The highest BCUT2D eigenvalue weighted by Crippen LogP contribution is 2.36. The van der Waals surface area contributed by atoms with E-state index in [1.807, 2.05) is 5.38 Å². The van der Waals surface area contributed by atoms with E-state index in [9.17, 15) is 5.11 Å². The van der Waals surface area contributed by atoms with Gasteiger partial charge >= 0.3 is 0 Å². The third-order valence-electron chi connectivity index (χ3n) is 1.67. The summed E-state index contributed by atoms with van der Waals surface area (Å²) >= 11 is 7.81. The quantitative estimate of drug-likeness (QED) is 0.868.